The molecule has 0 spiro atoms. The fourth-order valence-electron chi connectivity index (χ4n) is 4.32. The number of nitrogens with zero attached hydrogens (tertiary/aromatic N) is 5. The van der Waals surface area contributed by atoms with Crippen molar-refractivity contribution in [1.29, 1.82) is 0 Å². The van der Waals surface area contributed by atoms with Gasteiger partial charge >= 0.3 is 0 Å². The first-order valence-electron chi connectivity index (χ1n) is 11.9. The Kier molecular flexibility index (Phi) is 7.37. The molecule has 2 aliphatic rings. The Morgan fingerprint density at radius 1 is 0.943 bits per heavy atom. The van der Waals surface area contributed by atoms with Crippen molar-refractivity contribution >= 4 is 29.2 Å². The minimum atomic E-state index is -0.0464. The highest BCUT2D eigenvalue weighted by Gasteiger charge is 2.25. The summed E-state index contributed by atoms with van der Waals surface area (Å²) < 4.78 is 7.20. The molecule has 182 valence electrons. The minimum absolute atomic E-state index is 0.0464. The highest BCUT2D eigenvalue weighted by atomic mass is 32.1. The molecule has 0 N–H and O–H groups in total. The number of ether oxygens (including phenoxy) is 1. The molecule has 2 amide bonds. The minimum Gasteiger partial charge on any atom is -0.379 e. The van der Waals surface area contributed by atoms with Crippen molar-refractivity contribution in [2.24, 2.45) is 0 Å². The average Bonchev–Trinajstić information content (AvgIpc) is 3.59. The van der Waals surface area contributed by atoms with Gasteiger partial charge in [0.1, 0.15) is 5.69 Å². The van der Waals surface area contributed by atoms with Gasteiger partial charge in [-0.25, -0.2) is 4.68 Å². The van der Waals surface area contributed by atoms with Gasteiger partial charge in [0.15, 0.2) is 0 Å². The predicted octanol–water partition coefficient (Wildman–Crippen LogP) is 2.62. The lowest BCUT2D eigenvalue weighted by molar-refractivity contribution is -0.138. The second-order valence-electron chi connectivity index (χ2n) is 8.62. The maximum Gasteiger partial charge on any atom is 0.246 e. The van der Waals surface area contributed by atoms with E-state index in [0.29, 0.717) is 45.9 Å². The molecule has 2 aromatic heterocycles. The van der Waals surface area contributed by atoms with Gasteiger partial charge in [-0.05, 0) is 29.7 Å². The highest BCUT2D eigenvalue weighted by Crippen LogP contribution is 2.28. The number of rotatable bonds is 6. The number of para-hydroxylation sites is 1. The number of piperazine rings is 1. The number of hydrogen-bond donors (Lipinski definition) is 0. The summed E-state index contributed by atoms with van der Waals surface area (Å²) in [6, 6.07) is 14.0. The summed E-state index contributed by atoms with van der Waals surface area (Å²) in [4.78, 5) is 32.4. The Morgan fingerprint density at radius 3 is 2.40 bits per heavy atom. The summed E-state index contributed by atoms with van der Waals surface area (Å²) in [5.74, 6) is 0.0818. The van der Waals surface area contributed by atoms with Crippen molar-refractivity contribution in [2.75, 3.05) is 59.0 Å². The monoisotopic (exact) mass is 491 g/mol. The number of amides is 2. The van der Waals surface area contributed by atoms with Crippen LogP contribution in [0.25, 0.3) is 22.3 Å². The first kappa shape index (κ1) is 23.5. The van der Waals surface area contributed by atoms with Gasteiger partial charge in [0.25, 0.3) is 0 Å². The molecule has 35 heavy (non-hydrogen) atoms. The summed E-state index contributed by atoms with van der Waals surface area (Å²) in [5, 5.41) is 6.81. The Morgan fingerprint density at radius 2 is 1.69 bits per heavy atom. The van der Waals surface area contributed by atoms with E-state index in [9.17, 15) is 9.59 Å². The average molecular weight is 492 g/mol. The van der Waals surface area contributed by atoms with Gasteiger partial charge in [-0.15, -0.1) is 11.3 Å². The second-order valence-corrected chi connectivity index (χ2v) is 9.57. The normalized spacial score (nSPS) is 17.3. The SMILES string of the molecule is O=C(/C=C/c1cn(-c2ccccc2)nc1-c1cccs1)N1CCN(C(=O)CN2CCOCC2)CC1. The van der Waals surface area contributed by atoms with Crippen molar-refractivity contribution in [1.82, 2.24) is 24.5 Å². The van der Waals surface area contributed by atoms with Gasteiger partial charge in [-0.2, -0.15) is 5.10 Å². The van der Waals surface area contributed by atoms with Gasteiger partial charge in [0.2, 0.25) is 11.8 Å². The van der Waals surface area contributed by atoms with Crippen molar-refractivity contribution in [2.45, 2.75) is 0 Å². The molecule has 8 nitrogen and oxygen atoms in total. The van der Waals surface area contributed by atoms with Crippen LogP contribution in [0.15, 0.2) is 60.1 Å². The molecule has 2 aliphatic heterocycles. The van der Waals surface area contributed by atoms with E-state index in [0.717, 1.165) is 34.9 Å². The Balaban J connectivity index is 1.22. The third kappa shape index (κ3) is 5.70. The lowest BCUT2D eigenvalue weighted by atomic mass is 10.2. The molecule has 0 saturated carbocycles. The molecule has 0 aliphatic carbocycles. The summed E-state index contributed by atoms with van der Waals surface area (Å²) in [6.45, 7) is 5.59. The van der Waals surface area contributed by atoms with Gasteiger partial charge in [-0.3, -0.25) is 14.5 Å². The lowest BCUT2D eigenvalue weighted by Gasteiger charge is -2.36. The standard InChI is InChI=1S/C26H29N5O3S/c32-24(29-10-12-30(13-11-29)25(33)20-28-14-16-34-17-15-28)9-8-21-19-31(22-5-2-1-3-6-22)27-26(21)23-7-4-18-35-23/h1-9,18-19H,10-17,20H2/b9-8+. The fourth-order valence-corrected chi connectivity index (χ4v) is 5.05. The smallest absolute Gasteiger partial charge is 0.246 e. The number of thiophene rings is 1. The van der Waals surface area contributed by atoms with Crippen LogP contribution < -0.4 is 0 Å². The van der Waals surface area contributed by atoms with E-state index >= 15 is 0 Å². The van der Waals surface area contributed by atoms with Crippen LogP contribution in [0.4, 0.5) is 0 Å². The van der Waals surface area contributed by atoms with E-state index in [4.69, 9.17) is 9.84 Å². The maximum absolute atomic E-state index is 12.9. The second kappa shape index (κ2) is 11.0. The molecule has 2 fully saturated rings. The molecule has 3 aromatic rings. The number of carbonyl (C=O) groups is 2. The zero-order valence-electron chi connectivity index (χ0n) is 19.6. The first-order chi connectivity index (χ1) is 17.2. The van der Waals surface area contributed by atoms with Gasteiger partial charge in [-0.1, -0.05) is 24.3 Å². The Bertz CT molecular complexity index is 1160. The van der Waals surface area contributed by atoms with E-state index < -0.39 is 0 Å². The molecular formula is C26H29N5O3S. The van der Waals surface area contributed by atoms with E-state index in [-0.39, 0.29) is 11.8 Å². The van der Waals surface area contributed by atoms with Crippen LogP contribution in [0.2, 0.25) is 0 Å². The maximum atomic E-state index is 12.9. The molecule has 5 rings (SSSR count). The predicted molar refractivity (Wildman–Crippen MR) is 136 cm³/mol. The Hall–Kier alpha value is -3.27. The molecule has 4 heterocycles. The highest BCUT2D eigenvalue weighted by molar-refractivity contribution is 7.13. The van der Waals surface area contributed by atoms with Crippen LogP contribution in [-0.4, -0.2) is 95.3 Å². The molecular weight excluding hydrogens is 462 g/mol. The zero-order valence-corrected chi connectivity index (χ0v) is 20.4. The van der Waals surface area contributed by atoms with E-state index in [1.54, 1.807) is 22.3 Å². The van der Waals surface area contributed by atoms with Crippen molar-refractivity contribution in [3.8, 4) is 16.3 Å². The van der Waals surface area contributed by atoms with Crippen LogP contribution in [0.5, 0.6) is 0 Å². The molecule has 9 heteroatoms. The summed E-state index contributed by atoms with van der Waals surface area (Å²) in [6.07, 6.45) is 5.42. The lowest BCUT2D eigenvalue weighted by Crippen LogP contribution is -2.53. The first-order valence-corrected chi connectivity index (χ1v) is 12.8. The molecule has 2 saturated heterocycles. The van der Waals surface area contributed by atoms with Crippen LogP contribution in [0, 0.1) is 0 Å². The number of hydrogen-bond acceptors (Lipinski definition) is 6. The summed E-state index contributed by atoms with van der Waals surface area (Å²) in [7, 11) is 0. The number of carbonyl (C=O) groups excluding carboxylic acids is 2. The van der Waals surface area contributed by atoms with E-state index in [1.807, 2.05) is 69.7 Å². The number of morpholine rings is 1. The van der Waals surface area contributed by atoms with Crippen molar-refractivity contribution < 1.29 is 14.3 Å². The third-order valence-corrected chi connectivity index (χ3v) is 7.21. The van der Waals surface area contributed by atoms with Gasteiger partial charge in [0.05, 0.1) is 30.3 Å². The van der Waals surface area contributed by atoms with Crippen LogP contribution >= 0.6 is 11.3 Å². The molecule has 0 unspecified atom stereocenters. The van der Waals surface area contributed by atoms with Crippen molar-refractivity contribution in [3.63, 3.8) is 0 Å². The Labute approximate surface area is 209 Å². The number of aromatic nitrogens is 2. The zero-order chi connectivity index (χ0) is 24.0. The molecule has 0 atom stereocenters. The van der Waals surface area contributed by atoms with Crippen LogP contribution in [0.1, 0.15) is 5.56 Å². The van der Waals surface area contributed by atoms with Gasteiger partial charge < -0.3 is 14.5 Å². The number of benzene rings is 1. The van der Waals surface area contributed by atoms with E-state index in [2.05, 4.69) is 4.90 Å². The summed E-state index contributed by atoms with van der Waals surface area (Å²) in [5.41, 5.74) is 2.71. The fraction of sp³-hybridized carbons (Fsp3) is 0.346. The quantitative estimate of drug-likeness (QED) is 0.496. The largest absolute Gasteiger partial charge is 0.379 e. The van der Waals surface area contributed by atoms with Crippen LogP contribution in [0.3, 0.4) is 0 Å². The van der Waals surface area contributed by atoms with Crippen molar-refractivity contribution in [3.05, 3.63) is 65.7 Å². The molecule has 0 bridgehead atoms. The van der Waals surface area contributed by atoms with E-state index in [1.165, 1.54) is 0 Å². The van der Waals surface area contributed by atoms with Gasteiger partial charge in [0, 0.05) is 57.1 Å². The molecule has 1 aromatic carbocycles. The topological polar surface area (TPSA) is 70.9 Å². The van der Waals surface area contributed by atoms with Crippen LogP contribution in [-0.2, 0) is 14.3 Å². The third-order valence-electron chi connectivity index (χ3n) is 6.33. The summed E-state index contributed by atoms with van der Waals surface area (Å²) >= 11 is 1.62. The molecule has 0 radical (unpaired) electrons.